The highest BCUT2D eigenvalue weighted by Crippen LogP contribution is 2.38. The van der Waals surface area contributed by atoms with E-state index in [1.54, 1.807) is 54.6 Å². The van der Waals surface area contributed by atoms with Crippen molar-refractivity contribution in [3.05, 3.63) is 70.8 Å². The molecule has 1 aliphatic heterocycles. The van der Waals surface area contributed by atoms with Crippen LogP contribution >= 0.6 is 11.8 Å². The molecular formula is C31H33N3O10S. The minimum absolute atomic E-state index is 0.00536. The van der Waals surface area contributed by atoms with Gasteiger partial charge in [-0.15, -0.1) is 0 Å². The number of amides is 1. The topological polar surface area (TPSA) is 179 Å². The lowest BCUT2D eigenvalue weighted by Crippen LogP contribution is -2.61. The summed E-state index contributed by atoms with van der Waals surface area (Å²) in [6.07, 6.45) is -5.41. The van der Waals surface area contributed by atoms with Crippen LogP contribution in [-0.4, -0.2) is 66.2 Å². The number of para-hydroxylation sites is 1. The van der Waals surface area contributed by atoms with Gasteiger partial charge in [0.05, 0.1) is 5.03 Å². The number of thioether (sulfide) groups is 1. The second kappa shape index (κ2) is 16.3. The summed E-state index contributed by atoms with van der Waals surface area (Å²) in [5.74, 6) is -3.77. The van der Waals surface area contributed by atoms with E-state index >= 15 is 0 Å². The number of carbonyl (C=O) groups is 5. The van der Waals surface area contributed by atoms with Crippen molar-refractivity contribution in [2.24, 2.45) is 0 Å². The first-order chi connectivity index (χ1) is 21.4. The van der Waals surface area contributed by atoms with Crippen molar-refractivity contribution in [1.29, 1.82) is 5.26 Å². The second-order valence-corrected chi connectivity index (χ2v) is 10.9. The molecule has 0 aromatic heterocycles. The highest BCUT2D eigenvalue weighted by molar-refractivity contribution is 8.03. The number of carbonyl (C=O) groups excluding carboxylic acids is 5. The van der Waals surface area contributed by atoms with E-state index in [0.29, 0.717) is 11.4 Å². The van der Waals surface area contributed by atoms with Crippen molar-refractivity contribution in [1.82, 2.24) is 0 Å². The Morgan fingerprint density at radius 2 is 1.33 bits per heavy atom. The summed E-state index contributed by atoms with van der Waals surface area (Å²) >= 11 is 0.788. The van der Waals surface area contributed by atoms with Gasteiger partial charge in [-0.3, -0.25) is 24.0 Å². The van der Waals surface area contributed by atoms with Gasteiger partial charge in [0.15, 0.2) is 23.7 Å². The molecule has 2 aromatic carbocycles. The molecule has 14 heteroatoms. The smallest absolute Gasteiger partial charge is 0.303 e. The predicted octanol–water partition coefficient (Wildman–Crippen LogP) is 3.60. The van der Waals surface area contributed by atoms with Crippen LogP contribution < -0.4 is 10.6 Å². The molecule has 1 amide bonds. The van der Waals surface area contributed by atoms with E-state index in [4.69, 9.17) is 23.7 Å². The average Bonchev–Trinajstić information content (AvgIpc) is 2.96. The first-order valence-corrected chi connectivity index (χ1v) is 14.6. The third-order valence-electron chi connectivity index (χ3n) is 6.09. The van der Waals surface area contributed by atoms with Crippen LogP contribution in [0.15, 0.2) is 65.2 Å². The third-order valence-corrected chi connectivity index (χ3v) is 7.24. The zero-order valence-corrected chi connectivity index (χ0v) is 26.0. The Bertz CT molecular complexity index is 1470. The molecule has 13 nitrogen and oxygen atoms in total. The largest absolute Gasteiger partial charge is 0.463 e. The van der Waals surface area contributed by atoms with Crippen LogP contribution in [0.2, 0.25) is 0 Å². The molecule has 0 aliphatic carbocycles. The Labute approximate surface area is 264 Å². The standard InChI is InChI=1S/C31H33N3O10S/c1-17-11-13-23(14-12-17)33-29(39)24(15-32)30(34-22-9-7-6-8-10-22)45-31-28(43-21(5)38)27(42-20(4)37)26(41-19(3)36)25(44-31)16-40-18(2)35/h6-14,25-28,31,34H,16H2,1-5H3,(H,33,39)/b30-24+/t25-,26-,27+,28-,31+/m1/s1. The maximum atomic E-state index is 13.4. The normalized spacial score (nSPS) is 21.2. The number of esters is 4. The van der Waals surface area contributed by atoms with Gasteiger partial charge >= 0.3 is 23.9 Å². The molecule has 1 aliphatic rings. The van der Waals surface area contributed by atoms with Gasteiger partial charge in [-0.25, -0.2) is 0 Å². The van der Waals surface area contributed by atoms with Crippen molar-refractivity contribution < 1.29 is 47.7 Å². The van der Waals surface area contributed by atoms with Gasteiger partial charge < -0.3 is 34.3 Å². The van der Waals surface area contributed by atoms with Crippen LogP contribution in [0.4, 0.5) is 11.4 Å². The summed E-state index contributed by atoms with van der Waals surface area (Å²) in [6, 6.07) is 17.5. The van der Waals surface area contributed by atoms with Gasteiger partial charge in [0.1, 0.15) is 24.4 Å². The van der Waals surface area contributed by atoms with E-state index in [1.165, 1.54) is 0 Å². The third kappa shape index (κ3) is 10.4. The average molecular weight is 640 g/mol. The van der Waals surface area contributed by atoms with Gasteiger partial charge in [-0.1, -0.05) is 47.7 Å². The molecule has 2 N–H and O–H groups in total. The molecule has 0 radical (unpaired) electrons. The fourth-order valence-electron chi connectivity index (χ4n) is 4.24. The first-order valence-electron chi connectivity index (χ1n) is 13.7. The molecule has 3 rings (SSSR count). The Morgan fingerprint density at radius 3 is 1.89 bits per heavy atom. The van der Waals surface area contributed by atoms with E-state index in [1.807, 2.05) is 13.0 Å². The minimum atomic E-state index is -1.42. The maximum Gasteiger partial charge on any atom is 0.303 e. The fraction of sp³-hybridized carbons (Fsp3) is 0.355. The number of hydrogen-bond donors (Lipinski definition) is 2. The number of nitrogens with one attached hydrogen (secondary N) is 2. The van der Waals surface area contributed by atoms with Crippen molar-refractivity contribution in [3.8, 4) is 6.07 Å². The summed E-state index contributed by atoms with van der Waals surface area (Å²) in [5.41, 5.74) is 0.274. The van der Waals surface area contributed by atoms with E-state index in [0.717, 1.165) is 45.0 Å². The number of benzene rings is 2. The lowest BCUT2D eigenvalue weighted by molar-refractivity contribution is -0.237. The number of aryl methyl sites for hydroxylation is 1. The van der Waals surface area contributed by atoms with E-state index in [2.05, 4.69) is 10.6 Å². The predicted molar refractivity (Wildman–Crippen MR) is 162 cm³/mol. The van der Waals surface area contributed by atoms with Crippen LogP contribution in [0.3, 0.4) is 0 Å². The van der Waals surface area contributed by atoms with Crippen molar-refractivity contribution in [3.63, 3.8) is 0 Å². The Morgan fingerprint density at radius 1 is 0.778 bits per heavy atom. The molecular weight excluding hydrogens is 606 g/mol. The molecule has 0 bridgehead atoms. The van der Waals surface area contributed by atoms with E-state index < -0.39 is 66.2 Å². The first kappa shape index (κ1) is 34.6. The van der Waals surface area contributed by atoms with Crippen LogP contribution in [0.1, 0.15) is 33.3 Å². The Balaban J connectivity index is 2.12. The molecule has 2 aromatic rings. The van der Waals surface area contributed by atoms with Gasteiger partial charge in [-0.2, -0.15) is 5.26 Å². The van der Waals surface area contributed by atoms with Crippen molar-refractivity contribution in [2.45, 2.75) is 64.5 Å². The van der Waals surface area contributed by atoms with Crippen LogP contribution in [0.25, 0.3) is 0 Å². The fourth-order valence-corrected chi connectivity index (χ4v) is 5.45. The minimum Gasteiger partial charge on any atom is -0.463 e. The van der Waals surface area contributed by atoms with Gasteiger partial charge in [0.25, 0.3) is 5.91 Å². The number of ether oxygens (including phenoxy) is 5. The number of anilines is 2. The van der Waals surface area contributed by atoms with Gasteiger partial charge in [0.2, 0.25) is 0 Å². The second-order valence-electron chi connectivity index (χ2n) is 9.81. The number of rotatable bonds is 11. The summed E-state index contributed by atoms with van der Waals surface area (Å²) in [7, 11) is 0. The summed E-state index contributed by atoms with van der Waals surface area (Å²) in [4.78, 5) is 61.6. The molecule has 5 atom stereocenters. The molecule has 0 unspecified atom stereocenters. The summed E-state index contributed by atoms with van der Waals surface area (Å²) in [6.45, 7) is 5.97. The highest BCUT2D eigenvalue weighted by Gasteiger charge is 2.53. The quantitative estimate of drug-likeness (QED) is 0.158. The van der Waals surface area contributed by atoms with Crippen LogP contribution in [0.5, 0.6) is 0 Å². The van der Waals surface area contributed by atoms with Crippen LogP contribution in [0, 0.1) is 18.3 Å². The van der Waals surface area contributed by atoms with Gasteiger partial charge in [0, 0.05) is 39.1 Å². The molecule has 238 valence electrons. The van der Waals surface area contributed by atoms with Gasteiger partial charge in [-0.05, 0) is 31.2 Å². The highest BCUT2D eigenvalue weighted by atomic mass is 32.2. The Kier molecular flexibility index (Phi) is 12.5. The van der Waals surface area contributed by atoms with Crippen LogP contribution in [-0.2, 0) is 47.7 Å². The maximum absolute atomic E-state index is 13.4. The number of nitrogens with zero attached hydrogens (tertiary/aromatic N) is 1. The Hall–Kier alpha value is -4.87. The summed E-state index contributed by atoms with van der Waals surface area (Å²) in [5, 5.41) is 15.9. The van der Waals surface area contributed by atoms with E-state index in [9.17, 15) is 29.2 Å². The summed E-state index contributed by atoms with van der Waals surface area (Å²) < 4.78 is 27.8. The van der Waals surface area contributed by atoms with Crippen molar-refractivity contribution >= 4 is 52.9 Å². The molecule has 1 fully saturated rings. The number of nitriles is 1. The van der Waals surface area contributed by atoms with Crippen molar-refractivity contribution in [2.75, 3.05) is 17.2 Å². The zero-order chi connectivity index (χ0) is 33.1. The zero-order valence-electron chi connectivity index (χ0n) is 25.2. The molecule has 0 spiro atoms. The molecule has 45 heavy (non-hydrogen) atoms. The number of hydrogen-bond acceptors (Lipinski definition) is 13. The molecule has 1 saturated heterocycles. The monoisotopic (exact) mass is 639 g/mol. The molecule has 1 heterocycles. The van der Waals surface area contributed by atoms with E-state index in [-0.39, 0.29) is 10.6 Å². The SMILES string of the molecule is CC(=O)OC[C@H]1O[C@@H](S/C(Nc2ccccc2)=C(\C#N)C(=O)Nc2ccc(C)cc2)[C@H](OC(C)=O)[C@@H](OC(C)=O)[C@@H]1OC(C)=O. The molecule has 0 saturated carbocycles. The lowest BCUT2D eigenvalue weighted by atomic mass is 9.99. The lowest BCUT2D eigenvalue weighted by Gasteiger charge is -2.44.